The highest BCUT2D eigenvalue weighted by atomic mass is 31.2. The number of ether oxygens (including phenoxy) is 1. The average molecular weight is 339 g/mol. The summed E-state index contributed by atoms with van der Waals surface area (Å²) in [5.41, 5.74) is 4.89. The number of aliphatic hydroxyl groups excluding tert-OH is 3. The molecule has 0 aromatic carbocycles. The second-order valence-corrected chi connectivity index (χ2v) is 6.02. The third kappa shape index (κ3) is 2.61. The normalized spacial score (nSPS) is 29.0. The summed E-state index contributed by atoms with van der Waals surface area (Å²) in [4.78, 5) is 33.0. The van der Waals surface area contributed by atoms with Crippen LogP contribution >= 0.6 is 7.75 Å². The fourth-order valence-electron chi connectivity index (χ4n) is 2.24. The molecule has 1 aliphatic rings. The number of aromatic carboxylic acids is 1. The molecule has 1 aliphatic heterocycles. The van der Waals surface area contributed by atoms with Crippen LogP contribution in [0.4, 0.5) is 5.82 Å². The first-order valence-electron chi connectivity index (χ1n) is 5.89. The average Bonchev–Trinajstić information content (AvgIpc) is 2.89. The van der Waals surface area contributed by atoms with Gasteiger partial charge in [-0.2, -0.15) is 0 Å². The second-order valence-electron chi connectivity index (χ2n) is 4.60. The molecule has 4 atom stereocenters. The van der Waals surface area contributed by atoms with Crippen LogP contribution in [0.3, 0.4) is 0 Å². The Balaban J connectivity index is 2.61. The summed E-state index contributed by atoms with van der Waals surface area (Å²) in [6, 6.07) is 0. The van der Waals surface area contributed by atoms with Crippen LogP contribution < -0.4 is 5.73 Å². The number of hydrogen-bond acceptors (Lipinski definition) is 8. The summed E-state index contributed by atoms with van der Waals surface area (Å²) in [5.74, 6) is -3.39. The summed E-state index contributed by atoms with van der Waals surface area (Å²) in [5, 5.41) is 37.5. The summed E-state index contributed by atoms with van der Waals surface area (Å²) in [6.07, 6.45) is -6.04. The van der Waals surface area contributed by atoms with E-state index in [4.69, 9.17) is 20.7 Å². The molecule has 1 saturated heterocycles. The lowest BCUT2D eigenvalue weighted by Gasteiger charge is -2.18. The molecule has 13 heteroatoms. The number of carboxylic acid groups (broad SMARTS) is 1. The highest BCUT2D eigenvalue weighted by Gasteiger charge is 2.47. The van der Waals surface area contributed by atoms with E-state index in [0.717, 1.165) is 0 Å². The summed E-state index contributed by atoms with van der Waals surface area (Å²) in [7, 11) is -5.20. The second kappa shape index (κ2) is 5.59. The van der Waals surface area contributed by atoms with E-state index in [9.17, 15) is 29.4 Å². The molecule has 12 nitrogen and oxygen atoms in total. The first kappa shape index (κ1) is 16.8. The van der Waals surface area contributed by atoms with Crippen LogP contribution in [0.5, 0.6) is 0 Å². The van der Waals surface area contributed by atoms with Crippen molar-refractivity contribution in [2.75, 3.05) is 12.3 Å². The number of nitrogens with two attached hydrogens (primary N) is 1. The van der Waals surface area contributed by atoms with E-state index in [-0.39, 0.29) is 4.34 Å². The van der Waals surface area contributed by atoms with Crippen LogP contribution in [-0.4, -0.2) is 70.4 Å². The minimum Gasteiger partial charge on any atom is -0.475 e. The Labute approximate surface area is 122 Å². The van der Waals surface area contributed by atoms with Gasteiger partial charge in [-0.15, -0.1) is 0 Å². The number of nitrogens with zero attached hydrogens (tertiary/aromatic N) is 2. The molecular formula is C9H14N3O9P. The predicted molar refractivity (Wildman–Crippen MR) is 67.8 cm³/mol. The van der Waals surface area contributed by atoms with Crippen molar-refractivity contribution in [3.63, 3.8) is 0 Å². The van der Waals surface area contributed by atoms with Gasteiger partial charge >= 0.3 is 13.7 Å². The van der Waals surface area contributed by atoms with Crippen LogP contribution in [0, 0.1) is 0 Å². The fourth-order valence-corrected chi connectivity index (χ4v) is 3.11. The van der Waals surface area contributed by atoms with E-state index in [1.54, 1.807) is 0 Å². The van der Waals surface area contributed by atoms with E-state index in [1.807, 2.05) is 0 Å². The zero-order valence-electron chi connectivity index (χ0n) is 10.8. The number of anilines is 1. The van der Waals surface area contributed by atoms with Gasteiger partial charge in [-0.1, -0.05) is 0 Å². The predicted octanol–water partition coefficient (Wildman–Crippen LogP) is -2.74. The van der Waals surface area contributed by atoms with Crippen molar-refractivity contribution >= 4 is 19.5 Å². The Hall–Kier alpha value is -1.53. The summed E-state index contributed by atoms with van der Waals surface area (Å²) >= 11 is 0. The van der Waals surface area contributed by atoms with Gasteiger partial charge in [-0.25, -0.2) is 18.7 Å². The maximum Gasteiger partial charge on any atom is 0.436 e. The molecule has 2 heterocycles. The molecule has 0 aliphatic carbocycles. The Morgan fingerprint density at radius 2 is 1.95 bits per heavy atom. The quantitative estimate of drug-likeness (QED) is 0.280. The molecule has 1 aromatic heterocycles. The Bertz CT molecular complexity index is 641. The third-order valence-electron chi connectivity index (χ3n) is 3.18. The van der Waals surface area contributed by atoms with Gasteiger partial charge in [0.15, 0.2) is 0 Å². The van der Waals surface area contributed by atoms with Gasteiger partial charge in [-0.3, -0.25) is 0 Å². The first-order valence-corrected chi connectivity index (χ1v) is 7.46. The molecule has 1 aromatic rings. The van der Waals surface area contributed by atoms with Crippen molar-refractivity contribution in [3.05, 3.63) is 11.5 Å². The lowest BCUT2D eigenvalue weighted by atomic mass is 10.1. The van der Waals surface area contributed by atoms with Crippen molar-refractivity contribution in [2.24, 2.45) is 0 Å². The minimum atomic E-state index is -5.20. The maximum atomic E-state index is 11.5. The van der Waals surface area contributed by atoms with Crippen molar-refractivity contribution in [2.45, 2.75) is 24.4 Å². The topological polar surface area (TPSA) is 209 Å². The number of carbonyl (C=O) groups is 1. The Kier molecular flexibility index (Phi) is 4.28. The number of hydrogen-bond donors (Lipinski definition) is 7. The van der Waals surface area contributed by atoms with Gasteiger partial charge in [0.1, 0.15) is 35.9 Å². The largest absolute Gasteiger partial charge is 0.475 e. The number of rotatable bonds is 4. The van der Waals surface area contributed by atoms with E-state index in [0.29, 0.717) is 0 Å². The van der Waals surface area contributed by atoms with Crippen molar-refractivity contribution in [3.8, 4) is 0 Å². The van der Waals surface area contributed by atoms with Gasteiger partial charge in [0.05, 0.1) is 6.61 Å². The number of nitrogen functional groups attached to an aromatic ring is 1. The molecule has 0 radical (unpaired) electrons. The van der Waals surface area contributed by atoms with Crippen LogP contribution in [0.15, 0.2) is 0 Å². The van der Waals surface area contributed by atoms with Crippen LogP contribution in [-0.2, 0) is 9.30 Å². The van der Waals surface area contributed by atoms with Crippen LogP contribution in [0.25, 0.3) is 0 Å². The van der Waals surface area contributed by atoms with Crippen molar-refractivity contribution in [1.29, 1.82) is 0 Å². The lowest BCUT2D eigenvalue weighted by Crippen LogP contribution is -2.32. The SMILES string of the molecule is Nc1nc(C(=O)O)n(P(=O)(O)O)c1C1O[C@H](CO)[C@@H](O)[C@H]1O. The molecule has 8 N–H and O–H groups in total. The molecular weight excluding hydrogens is 325 g/mol. The van der Waals surface area contributed by atoms with E-state index in [1.165, 1.54) is 0 Å². The Morgan fingerprint density at radius 3 is 2.36 bits per heavy atom. The molecule has 0 saturated carbocycles. The van der Waals surface area contributed by atoms with Gasteiger partial charge in [0.25, 0.3) is 0 Å². The van der Waals surface area contributed by atoms with Crippen molar-refractivity contribution in [1.82, 2.24) is 9.32 Å². The lowest BCUT2D eigenvalue weighted by molar-refractivity contribution is -0.0241. The van der Waals surface area contributed by atoms with Crippen LogP contribution in [0.1, 0.15) is 22.4 Å². The smallest absolute Gasteiger partial charge is 0.436 e. The standard InChI is InChI=1S/C9H14N3O9P/c10-7-3(6-5(15)4(14)2(1-13)21-6)12(22(18,19)20)8(11-7)9(16)17/h2,4-6,13-15H,1,10H2,(H,16,17)(H2,18,19,20)/t2-,4-,5-,6?/m1/s1. The molecule has 0 spiro atoms. The highest BCUT2D eigenvalue weighted by molar-refractivity contribution is 7.50. The first-order chi connectivity index (χ1) is 10.1. The summed E-state index contributed by atoms with van der Waals surface area (Å²) in [6.45, 7) is -0.676. The zero-order valence-corrected chi connectivity index (χ0v) is 11.7. The number of aromatic nitrogens is 2. The van der Waals surface area contributed by atoms with E-state index >= 15 is 0 Å². The van der Waals surface area contributed by atoms with Gasteiger partial charge < -0.3 is 40.7 Å². The van der Waals surface area contributed by atoms with Gasteiger partial charge in [0, 0.05) is 0 Å². The van der Waals surface area contributed by atoms with E-state index in [2.05, 4.69) is 4.98 Å². The van der Waals surface area contributed by atoms with Gasteiger partial charge in [0.2, 0.25) is 5.82 Å². The van der Waals surface area contributed by atoms with Crippen LogP contribution in [0.2, 0.25) is 0 Å². The fraction of sp³-hybridized carbons (Fsp3) is 0.556. The molecule has 2 rings (SSSR count). The molecule has 22 heavy (non-hydrogen) atoms. The number of imidazole rings is 1. The number of carboxylic acids is 1. The minimum absolute atomic E-state index is 0.0328. The highest BCUT2D eigenvalue weighted by Crippen LogP contribution is 2.46. The monoisotopic (exact) mass is 339 g/mol. The Morgan fingerprint density at radius 1 is 1.36 bits per heavy atom. The molecule has 124 valence electrons. The number of aliphatic hydroxyl groups is 3. The maximum absolute atomic E-state index is 11.5. The third-order valence-corrected chi connectivity index (χ3v) is 4.11. The van der Waals surface area contributed by atoms with Gasteiger partial charge in [-0.05, 0) is 0 Å². The van der Waals surface area contributed by atoms with E-state index < -0.39 is 62.1 Å². The molecule has 0 bridgehead atoms. The molecule has 1 unspecified atom stereocenters. The summed E-state index contributed by atoms with van der Waals surface area (Å²) < 4.78 is 16.7. The molecule has 0 amide bonds. The van der Waals surface area contributed by atoms with Crippen molar-refractivity contribution < 1.29 is 44.3 Å². The zero-order chi connectivity index (χ0) is 16.8. The molecule has 1 fully saturated rings.